The molecule has 1 aliphatic heterocycles. The third-order valence-corrected chi connectivity index (χ3v) is 8.21. The molecular formula is C29H41N3O3. The van der Waals surface area contributed by atoms with Gasteiger partial charge in [-0.25, -0.2) is 4.79 Å². The SMILES string of the molecule is COc1ccc(CN2CC3(CCC(c4ccccc4)(N(C)C)CC3)N(CCC(C)(C)O)C2=O)cc1. The van der Waals surface area contributed by atoms with Crippen LogP contribution in [0.25, 0.3) is 0 Å². The van der Waals surface area contributed by atoms with E-state index in [-0.39, 0.29) is 17.1 Å². The molecule has 6 nitrogen and oxygen atoms in total. The highest BCUT2D eigenvalue weighted by atomic mass is 16.5. The molecule has 1 spiro atoms. The van der Waals surface area contributed by atoms with E-state index in [1.54, 1.807) is 7.11 Å². The number of hydrogen-bond acceptors (Lipinski definition) is 4. The lowest BCUT2D eigenvalue weighted by atomic mass is 9.68. The molecule has 2 aromatic rings. The van der Waals surface area contributed by atoms with E-state index in [1.165, 1.54) is 5.56 Å². The molecule has 2 aliphatic rings. The fourth-order valence-electron chi connectivity index (χ4n) is 5.97. The van der Waals surface area contributed by atoms with Gasteiger partial charge in [0.1, 0.15) is 5.75 Å². The van der Waals surface area contributed by atoms with Crippen molar-refractivity contribution in [3.8, 4) is 5.75 Å². The maximum atomic E-state index is 13.7. The lowest BCUT2D eigenvalue weighted by Crippen LogP contribution is -2.56. The maximum Gasteiger partial charge on any atom is 0.320 e. The van der Waals surface area contributed by atoms with Gasteiger partial charge in [-0.1, -0.05) is 42.5 Å². The molecule has 1 aliphatic carbocycles. The number of methoxy groups -OCH3 is 1. The first-order chi connectivity index (χ1) is 16.6. The van der Waals surface area contributed by atoms with E-state index >= 15 is 0 Å². The molecule has 0 aromatic heterocycles. The van der Waals surface area contributed by atoms with Gasteiger partial charge in [0.05, 0.1) is 18.2 Å². The molecule has 4 rings (SSSR count). The van der Waals surface area contributed by atoms with Gasteiger partial charge in [-0.15, -0.1) is 0 Å². The number of carbonyl (C=O) groups excluding carboxylic acids is 1. The van der Waals surface area contributed by atoms with E-state index in [0.29, 0.717) is 19.5 Å². The van der Waals surface area contributed by atoms with Crippen molar-refractivity contribution in [3.05, 3.63) is 65.7 Å². The van der Waals surface area contributed by atoms with Gasteiger partial charge in [0.15, 0.2) is 0 Å². The summed E-state index contributed by atoms with van der Waals surface area (Å²) < 4.78 is 5.29. The van der Waals surface area contributed by atoms with Crippen molar-refractivity contribution in [2.45, 2.75) is 69.2 Å². The summed E-state index contributed by atoms with van der Waals surface area (Å²) in [6.45, 7) is 5.52. The molecule has 2 fully saturated rings. The first kappa shape index (κ1) is 25.5. The number of urea groups is 1. The number of benzene rings is 2. The highest BCUT2D eigenvalue weighted by Gasteiger charge is 2.54. The number of nitrogens with zero attached hydrogens (tertiary/aromatic N) is 3. The second-order valence-corrected chi connectivity index (χ2v) is 11.2. The monoisotopic (exact) mass is 479 g/mol. The van der Waals surface area contributed by atoms with Crippen LogP contribution in [0.1, 0.15) is 57.1 Å². The third kappa shape index (κ3) is 5.19. The van der Waals surface area contributed by atoms with Gasteiger partial charge >= 0.3 is 6.03 Å². The average Bonchev–Trinajstić information content (AvgIpc) is 3.08. The smallest absolute Gasteiger partial charge is 0.320 e. The summed E-state index contributed by atoms with van der Waals surface area (Å²) in [5.74, 6) is 0.818. The van der Waals surface area contributed by atoms with Crippen LogP contribution in [0.3, 0.4) is 0 Å². The molecule has 6 heteroatoms. The Morgan fingerprint density at radius 1 is 1.00 bits per heavy atom. The van der Waals surface area contributed by atoms with Crippen molar-refractivity contribution in [3.63, 3.8) is 0 Å². The molecule has 1 heterocycles. The van der Waals surface area contributed by atoms with Crippen LogP contribution >= 0.6 is 0 Å². The fourth-order valence-corrected chi connectivity index (χ4v) is 5.97. The summed E-state index contributed by atoms with van der Waals surface area (Å²) in [5.41, 5.74) is 1.41. The molecule has 2 aromatic carbocycles. The van der Waals surface area contributed by atoms with Crippen molar-refractivity contribution >= 4 is 6.03 Å². The number of hydrogen-bond donors (Lipinski definition) is 1. The van der Waals surface area contributed by atoms with Crippen molar-refractivity contribution in [2.24, 2.45) is 0 Å². The molecular weight excluding hydrogens is 438 g/mol. The molecule has 2 amide bonds. The van der Waals surface area contributed by atoms with Gasteiger partial charge in [0, 0.05) is 25.2 Å². The van der Waals surface area contributed by atoms with Gasteiger partial charge in [0.2, 0.25) is 0 Å². The van der Waals surface area contributed by atoms with E-state index in [0.717, 1.165) is 43.5 Å². The molecule has 190 valence electrons. The van der Waals surface area contributed by atoms with Crippen LogP contribution in [-0.4, -0.2) is 71.3 Å². The van der Waals surface area contributed by atoms with Gasteiger partial charge in [-0.3, -0.25) is 4.90 Å². The number of carbonyl (C=O) groups is 1. The highest BCUT2D eigenvalue weighted by Crippen LogP contribution is 2.49. The van der Waals surface area contributed by atoms with Crippen LogP contribution in [0, 0.1) is 0 Å². The Kier molecular flexibility index (Phi) is 7.16. The third-order valence-electron chi connectivity index (χ3n) is 8.21. The lowest BCUT2D eigenvalue weighted by molar-refractivity contribution is 0.0107. The molecule has 0 bridgehead atoms. The summed E-state index contributed by atoms with van der Waals surface area (Å²) in [4.78, 5) is 20.2. The molecule has 1 saturated heterocycles. The number of ether oxygens (including phenoxy) is 1. The number of aliphatic hydroxyl groups is 1. The summed E-state index contributed by atoms with van der Waals surface area (Å²) in [6.07, 6.45) is 4.43. The Morgan fingerprint density at radius 2 is 1.63 bits per heavy atom. The predicted molar refractivity (Wildman–Crippen MR) is 139 cm³/mol. The Morgan fingerprint density at radius 3 is 2.17 bits per heavy atom. The second kappa shape index (κ2) is 9.82. The van der Waals surface area contributed by atoms with Crippen molar-refractivity contribution in [2.75, 3.05) is 34.3 Å². The van der Waals surface area contributed by atoms with Crippen LogP contribution < -0.4 is 4.74 Å². The number of rotatable bonds is 8. The topological polar surface area (TPSA) is 56.3 Å². The van der Waals surface area contributed by atoms with Crippen LogP contribution in [-0.2, 0) is 12.1 Å². The highest BCUT2D eigenvalue weighted by molar-refractivity contribution is 5.78. The molecule has 0 unspecified atom stereocenters. The standard InChI is InChI=1S/C29H41N3O3/c1-27(2,34)19-20-32-26(33)31(21-23-11-13-25(35-5)14-12-23)22-28(32)15-17-29(18-16-28,30(3)4)24-9-7-6-8-10-24/h6-14,34H,15-22H2,1-5H3. The Bertz CT molecular complexity index is 990. The largest absolute Gasteiger partial charge is 0.497 e. The summed E-state index contributed by atoms with van der Waals surface area (Å²) in [5, 5.41) is 10.4. The summed E-state index contributed by atoms with van der Waals surface area (Å²) in [6, 6.07) is 18.8. The van der Waals surface area contributed by atoms with E-state index < -0.39 is 5.60 Å². The first-order valence-corrected chi connectivity index (χ1v) is 12.7. The maximum absolute atomic E-state index is 13.7. The molecule has 0 atom stereocenters. The minimum Gasteiger partial charge on any atom is -0.497 e. The van der Waals surface area contributed by atoms with Crippen LogP contribution in [0.2, 0.25) is 0 Å². The second-order valence-electron chi connectivity index (χ2n) is 11.2. The van der Waals surface area contributed by atoms with E-state index in [9.17, 15) is 9.90 Å². The zero-order chi connectivity index (χ0) is 25.3. The van der Waals surface area contributed by atoms with Crippen LogP contribution in [0.5, 0.6) is 5.75 Å². The van der Waals surface area contributed by atoms with Gasteiger partial charge in [-0.05, 0) is 83.3 Å². The van der Waals surface area contributed by atoms with Crippen molar-refractivity contribution in [1.29, 1.82) is 0 Å². The number of amides is 2. The van der Waals surface area contributed by atoms with Crippen molar-refractivity contribution in [1.82, 2.24) is 14.7 Å². The van der Waals surface area contributed by atoms with Crippen LogP contribution in [0.15, 0.2) is 54.6 Å². The van der Waals surface area contributed by atoms with Gasteiger partial charge in [0.25, 0.3) is 0 Å². The summed E-state index contributed by atoms with van der Waals surface area (Å²) in [7, 11) is 6.01. The van der Waals surface area contributed by atoms with Crippen molar-refractivity contribution < 1.29 is 14.6 Å². The zero-order valence-electron chi connectivity index (χ0n) is 22.0. The van der Waals surface area contributed by atoms with Gasteiger partial charge < -0.3 is 19.6 Å². The molecule has 0 radical (unpaired) electrons. The van der Waals surface area contributed by atoms with E-state index in [1.807, 2.05) is 43.0 Å². The first-order valence-electron chi connectivity index (χ1n) is 12.7. The van der Waals surface area contributed by atoms with E-state index in [2.05, 4.69) is 54.2 Å². The molecule has 1 saturated carbocycles. The Labute approximate surface area is 210 Å². The van der Waals surface area contributed by atoms with Gasteiger partial charge in [-0.2, -0.15) is 0 Å². The molecule has 35 heavy (non-hydrogen) atoms. The Balaban J connectivity index is 1.58. The minimum atomic E-state index is -0.809. The molecule has 1 N–H and O–H groups in total. The van der Waals surface area contributed by atoms with Crippen LogP contribution in [0.4, 0.5) is 4.79 Å². The Hall–Kier alpha value is -2.57. The minimum absolute atomic E-state index is 0.0269. The zero-order valence-corrected chi connectivity index (χ0v) is 22.0. The summed E-state index contributed by atoms with van der Waals surface area (Å²) >= 11 is 0. The lowest BCUT2D eigenvalue weighted by Gasteiger charge is -2.51. The average molecular weight is 480 g/mol. The van der Waals surface area contributed by atoms with E-state index in [4.69, 9.17) is 4.74 Å². The quantitative estimate of drug-likeness (QED) is 0.587. The normalized spacial score (nSPS) is 25.1. The predicted octanol–water partition coefficient (Wildman–Crippen LogP) is 4.86. The fraction of sp³-hybridized carbons (Fsp3) is 0.552.